The van der Waals surface area contributed by atoms with Gasteiger partial charge in [0.2, 0.25) is 0 Å². The van der Waals surface area contributed by atoms with Crippen LogP contribution in [0.1, 0.15) is 25.7 Å². The van der Waals surface area contributed by atoms with Crippen molar-refractivity contribution >= 4 is 16.3 Å². The van der Waals surface area contributed by atoms with Crippen molar-refractivity contribution in [2.45, 2.75) is 43.8 Å². The smallest absolute Gasteiger partial charge is 0.421 e. The van der Waals surface area contributed by atoms with Crippen LogP contribution in [-0.2, 0) is 14.9 Å². The van der Waals surface area contributed by atoms with Gasteiger partial charge in [0, 0.05) is 18.1 Å². The summed E-state index contributed by atoms with van der Waals surface area (Å²) in [6.07, 6.45) is 2.73. The molecule has 2 heterocycles. The topological polar surface area (TPSA) is 96.5 Å². The van der Waals surface area contributed by atoms with Crippen molar-refractivity contribution < 1.29 is 17.9 Å². The van der Waals surface area contributed by atoms with Gasteiger partial charge in [0.05, 0.1) is 7.11 Å². The summed E-state index contributed by atoms with van der Waals surface area (Å²) < 4.78 is 31.6. The second kappa shape index (κ2) is 4.79. The molecule has 3 N–H and O–H groups in total. The summed E-state index contributed by atoms with van der Waals surface area (Å²) in [4.78, 5) is 10.8. The molecule has 0 aromatic rings. The Morgan fingerprint density at radius 1 is 1.29 bits per heavy atom. The van der Waals surface area contributed by atoms with Crippen molar-refractivity contribution in [1.29, 1.82) is 0 Å². The zero-order valence-corrected chi connectivity index (χ0v) is 10.4. The first-order valence-electron chi connectivity index (χ1n) is 5.62. The molecule has 2 saturated heterocycles. The van der Waals surface area contributed by atoms with E-state index in [1.807, 2.05) is 0 Å². The van der Waals surface area contributed by atoms with Gasteiger partial charge in [-0.15, -0.1) is 0 Å². The highest BCUT2D eigenvalue weighted by Gasteiger charge is 2.35. The highest BCUT2D eigenvalue weighted by Crippen LogP contribution is 2.26. The van der Waals surface area contributed by atoms with Gasteiger partial charge in [-0.2, -0.15) is 13.1 Å². The molecule has 2 atom stereocenters. The Balaban J connectivity index is 1.90. The molecular formula is C9H17N3O4S. The summed E-state index contributed by atoms with van der Waals surface area (Å²) in [7, 11) is -2.69. The summed E-state index contributed by atoms with van der Waals surface area (Å²) in [5, 5.41) is 3.41. The Kier molecular flexibility index (Phi) is 3.55. The number of rotatable bonds is 3. The number of amides is 1. The average Bonchev–Trinajstić information content (AvgIpc) is 2.56. The van der Waals surface area contributed by atoms with Gasteiger partial charge in [-0.3, -0.25) is 0 Å². The first kappa shape index (κ1) is 12.6. The monoisotopic (exact) mass is 263 g/mol. The van der Waals surface area contributed by atoms with Crippen LogP contribution in [0.2, 0.25) is 0 Å². The van der Waals surface area contributed by atoms with Crippen LogP contribution in [0.5, 0.6) is 0 Å². The number of ether oxygens (including phenoxy) is 1. The van der Waals surface area contributed by atoms with E-state index in [1.54, 1.807) is 4.72 Å². The second-order valence-corrected chi connectivity index (χ2v) is 5.97. The van der Waals surface area contributed by atoms with Crippen LogP contribution in [0.3, 0.4) is 0 Å². The molecular weight excluding hydrogens is 246 g/mol. The number of fused-ring (bicyclic) bond motifs is 2. The van der Waals surface area contributed by atoms with Gasteiger partial charge in [-0.1, -0.05) is 0 Å². The summed E-state index contributed by atoms with van der Waals surface area (Å²) in [6, 6.07) is 0.662. The number of methoxy groups -OCH3 is 1. The molecule has 98 valence electrons. The van der Waals surface area contributed by atoms with E-state index in [0.717, 1.165) is 32.8 Å². The minimum atomic E-state index is -3.81. The molecule has 7 nitrogen and oxygen atoms in total. The number of piperidine rings is 1. The number of hydrogen-bond donors (Lipinski definition) is 3. The molecule has 2 aliphatic rings. The number of carbonyl (C=O) groups excluding carboxylic acids is 1. The predicted molar refractivity (Wildman–Crippen MR) is 60.6 cm³/mol. The van der Waals surface area contributed by atoms with Crippen LogP contribution < -0.4 is 14.8 Å². The molecule has 2 bridgehead atoms. The number of hydrogen-bond acceptors (Lipinski definition) is 5. The number of nitrogens with one attached hydrogen (secondary N) is 3. The van der Waals surface area contributed by atoms with Crippen LogP contribution in [0.15, 0.2) is 0 Å². The zero-order chi connectivity index (χ0) is 12.5. The Labute approximate surface area is 100 Å². The molecule has 1 amide bonds. The van der Waals surface area contributed by atoms with E-state index in [9.17, 15) is 13.2 Å². The third-order valence-electron chi connectivity index (χ3n) is 3.20. The van der Waals surface area contributed by atoms with Crippen molar-refractivity contribution in [2.75, 3.05) is 7.11 Å². The van der Waals surface area contributed by atoms with E-state index in [1.165, 1.54) is 0 Å². The zero-order valence-electron chi connectivity index (χ0n) is 9.60. The first-order valence-corrected chi connectivity index (χ1v) is 7.11. The van der Waals surface area contributed by atoms with Crippen molar-refractivity contribution in [3.8, 4) is 0 Å². The summed E-state index contributed by atoms with van der Waals surface area (Å²) in [5.74, 6) is 0. The lowest BCUT2D eigenvalue weighted by molar-refractivity contribution is 0.177. The highest BCUT2D eigenvalue weighted by atomic mass is 32.2. The van der Waals surface area contributed by atoms with Gasteiger partial charge in [-0.05, 0) is 25.7 Å². The van der Waals surface area contributed by atoms with Crippen LogP contribution >= 0.6 is 0 Å². The molecule has 2 rings (SSSR count). The fourth-order valence-corrected chi connectivity index (χ4v) is 3.55. The standard InChI is InChI=1S/C9H17N3O4S/c1-16-9(13)12-17(14,15)11-8-4-6-2-3-7(5-8)10-6/h6-8,10-11H,2-5H2,1H3,(H,12,13). The summed E-state index contributed by atoms with van der Waals surface area (Å²) in [5.41, 5.74) is 0. The maximum Gasteiger partial charge on any atom is 0.421 e. The van der Waals surface area contributed by atoms with E-state index >= 15 is 0 Å². The maximum atomic E-state index is 11.6. The van der Waals surface area contributed by atoms with Crippen molar-refractivity contribution in [1.82, 2.24) is 14.8 Å². The fourth-order valence-electron chi connectivity index (χ4n) is 2.55. The lowest BCUT2D eigenvalue weighted by Gasteiger charge is -2.29. The lowest BCUT2D eigenvalue weighted by atomic mass is 10.0. The van der Waals surface area contributed by atoms with E-state index in [4.69, 9.17) is 0 Å². The van der Waals surface area contributed by atoms with Crippen LogP contribution in [-0.4, -0.2) is 39.7 Å². The third-order valence-corrected chi connectivity index (χ3v) is 4.28. The van der Waals surface area contributed by atoms with Crippen LogP contribution in [0, 0.1) is 0 Å². The minimum Gasteiger partial charge on any atom is -0.452 e. The van der Waals surface area contributed by atoms with E-state index in [-0.39, 0.29) is 6.04 Å². The normalized spacial score (nSPS) is 32.2. The maximum absolute atomic E-state index is 11.6. The lowest BCUT2D eigenvalue weighted by Crippen LogP contribution is -2.51. The molecule has 2 fully saturated rings. The first-order chi connectivity index (χ1) is 7.98. The van der Waals surface area contributed by atoms with Gasteiger partial charge >= 0.3 is 16.3 Å². The molecule has 0 aliphatic carbocycles. The Bertz CT molecular complexity index is 385. The van der Waals surface area contributed by atoms with Gasteiger partial charge in [0.1, 0.15) is 0 Å². The third kappa shape index (κ3) is 3.30. The van der Waals surface area contributed by atoms with E-state index in [0.29, 0.717) is 12.1 Å². The average molecular weight is 263 g/mol. The Hall–Kier alpha value is -0.860. The van der Waals surface area contributed by atoms with Gasteiger partial charge in [0.25, 0.3) is 0 Å². The SMILES string of the molecule is COC(=O)NS(=O)(=O)NC1CC2CCC(C1)N2. The van der Waals surface area contributed by atoms with Crippen LogP contribution in [0.4, 0.5) is 4.79 Å². The molecule has 0 saturated carbocycles. The van der Waals surface area contributed by atoms with Gasteiger partial charge < -0.3 is 10.1 Å². The van der Waals surface area contributed by atoms with Crippen LogP contribution in [0.25, 0.3) is 0 Å². The molecule has 8 heteroatoms. The molecule has 0 spiro atoms. The predicted octanol–water partition coefficient (Wildman–Crippen LogP) is -0.540. The number of carbonyl (C=O) groups is 1. The fraction of sp³-hybridized carbons (Fsp3) is 0.889. The Morgan fingerprint density at radius 2 is 1.88 bits per heavy atom. The van der Waals surface area contributed by atoms with Gasteiger partial charge in [0.15, 0.2) is 0 Å². The Morgan fingerprint density at radius 3 is 2.41 bits per heavy atom. The van der Waals surface area contributed by atoms with Crippen molar-refractivity contribution in [3.05, 3.63) is 0 Å². The van der Waals surface area contributed by atoms with Crippen molar-refractivity contribution in [3.63, 3.8) is 0 Å². The van der Waals surface area contributed by atoms with Crippen molar-refractivity contribution in [2.24, 2.45) is 0 Å². The molecule has 2 unspecified atom stereocenters. The highest BCUT2D eigenvalue weighted by molar-refractivity contribution is 7.88. The quantitative estimate of drug-likeness (QED) is 0.635. The molecule has 0 aromatic heterocycles. The molecule has 17 heavy (non-hydrogen) atoms. The largest absolute Gasteiger partial charge is 0.452 e. The molecule has 0 radical (unpaired) electrons. The summed E-state index contributed by atoms with van der Waals surface area (Å²) >= 11 is 0. The van der Waals surface area contributed by atoms with E-state index < -0.39 is 16.3 Å². The molecule has 0 aromatic carbocycles. The second-order valence-electron chi connectivity index (χ2n) is 4.52. The van der Waals surface area contributed by atoms with Gasteiger partial charge in [-0.25, -0.2) is 9.52 Å². The van der Waals surface area contributed by atoms with E-state index in [2.05, 4.69) is 14.8 Å². The minimum absolute atomic E-state index is 0.115. The molecule has 2 aliphatic heterocycles. The summed E-state index contributed by atoms with van der Waals surface area (Å²) in [6.45, 7) is 0.